The molecule has 4 nitrogen and oxygen atoms in total. The predicted molar refractivity (Wildman–Crippen MR) is 71.5 cm³/mol. The fraction of sp³-hybridized carbons (Fsp3) is 1.00. The Hall–Kier alpha value is -0.130. The molecule has 1 rings (SSSR count). The van der Waals surface area contributed by atoms with E-state index in [1.54, 1.807) is 0 Å². The zero-order valence-corrected chi connectivity index (χ0v) is 11.7. The Morgan fingerprint density at radius 1 is 1.06 bits per heavy atom. The van der Waals surface area contributed by atoms with Gasteiger partial charge in [0.1, 0.15) is 0 Å². The molecule has 0 radical (unpaired) electrons. The molecule has 0 bridgehead atoms. The molecule has 1 aliphatic rings. The van der Waals surface area contributed by atoms with E-state index in [4.69, 9.17) is 0 Å². The van der Waals surface area contributed by atoms with Gasteiger partial charge in [-0.25, -0.2) is 13.1 Å². The van der Waals surface area contributed by atoms with Crippen LogP contribution in [-0.2, 0) is 10.0 Å². The number of hydrogen-bond donors (Lipinski definition) is 2. The monoisotopic (exact) mass is 262 g/mol. The summed E-state index contributed by atoms with van der Waals surface area (Å²) in [5.74, 6) is 0.922. The highest BCUT2D eigenvalue weighted by Crippen LogP contribution is 2.25. The molecule has 1 saturated carbocycles. The molecule has 0 amide bonds. The lowest BCUT2D eigenvalue weighted by atomic mass is 9.87. The van der Waals surface area contributed by atoms with E-state index in [0.717, 1.165) is 25.4 Å². The van der Waals surface area contributed by atoms with Crippen LogP contribution in [0.5, 0.6) is 0 Å². The fourth-order valence-electron chi connectivity index (χ4n) is 2.38. The van der Waals surface area contributed by atoms with Crippen molar-refractivity contribution >= 4 is 10.0 Å². The third-order valence-corrected chi connectivity index (χ3v) is 4.08. The first-order valence-electron chi connectivity index (χ1n) is 6.73. The van der Waals surface area contributed by atoms with Gasteiger partial charge in [0.05, 0.1) is 6.26 Å². The van der Waals surface area contributed by atoms with Crippen LogP contribution in [0, 0.1) is 5.92 Å². The van der Waals surface area contributed by atoms with E-state index >= 15 is 0 Å². The molecule has 0 saturated heterocycles. The second-order valence-corrected chi connectivity index (χ2v) is 6.90. The van der Waals surface area contributed by atoms with E-state index < -0.39 is 10.0 Å². The van der Waals surface area contributed by atoms with Crippen LogP contribution in [0.1, 0.15) is 44.9 Å². The van der Waals surface area contributed by atoms with Crippen LogP contribution in [0.25, 0.3) is 0 Å². The third kappa shape index (κ3) is 8.57. The van der Waals surface area contributed by atoms with Gasteiger partial charge in [-0.15, -0.1) is 0 Å². The molecule has 0 aliphatic heterocycles. The molecule has 1 aliphatic carbocycles. The molecular formula is C12H26N2O2S. The van der Waals surface area contributed by atoms with Crippen molar-refractivity contribution in [3.63, 3.8) is 0 Å². The van der Waals surface area contributed by atoms with E-state index in [0.29, 0.717) is 6.54 Å². The van der Waals surface area contributed by atoms with Crippen LogP contribution >= 0.6 is 0 Å². The first-order valence-corrected chi connectivity index (χ1v) is 8.62. The molecule has 0 aromatic rings. The van der Waals surface area contributed by atoms with Gasteiger partial charge in [-0.1, -0.05) is 32.1 Å². The van der Waals surface area contributed by atoms with Gasteiger partial charge in [0, 0.05) is 6.54 Å². The van der Waals surface area contributed by atoms with Crippen molar-refractivity contribution in [1.82, 2.24) is 10.0 Å². The molecule has 0 unspecified atom stereocenters. The number of hydrogen-bond acceptors (Lipinski definition) is 3. The molecule has 5 heteroatoms. The molecule has 0 atom stereocenters. The van der Waals surface area contributed by atoms with Crippen LogP contribution in [0.2, 0.25) is 0 Å². The minimum absolute atomic E-state index is 0.537. The second kappa shape index (κ2) is 8.06. The molecule has 0 heterocycles. The van der Waals surface area contributed by atoms with Gasteiger partial charge in [0.25, 0.3) is 0 Å². The standard InChI is InChI=1S/C12H26N2O2S/c1-17(15,16)14-10-5-9-13-11-8-12-6-3-2-4-7-12/h12-14H,2-11H2,1H3. The summed E-state index contributed by atoms with van der Waals surface area (Å²) in [6.45, 7) is 2.51. The molecule has 0 aromatic heterocycles. The van der Waals surface area contributed by atoms with Crippen LogP contribution in [0.4, 0.5) is 0 Å². The second-order valence-electron chi connectivity index (χ2n) is 5.06. The van der Waals surface area contributed by atoms with Crippen molar-refractivity contribution in [2.75, 3.05) is 25.9 Å². The highest BCUT2D eigenvalue weighted by atomic mass is 32.2. The van der Waals surface area contributed by atoms with Crippen LogP contribution in [-0.4, -0.2) is 34.3 Å². The maximum Gasteiger partial charge on any atom is 0.208 e. The zero-order valence-electron chi connectivity index (χ0n) is 10.9. The van der Waals surface area contributed by atoms with Crippen molar-refractivity contribution in [2.45, 2.75) is 44.9 Å². The minimum Gasteiger partial charge on any atom is -0.317 e. The highest BCUT2D eigenvalue weighted by Gasteiger charge is 2.12. The van der Waals surface area contributed by atoms with Crippen LogP contribution in [0.15, 0.2) is 0 Å². The Morgan fingerprint density at radius 2 is 1.76 bits per heavy atom. The van der Waals surface area contributed by atoms with E-state index in [-0.39, 0.29) is 0 Å². The zero-order chi connectivity index (χ0) is 12.6. The molecule has 0 spiro atoms. The van der Waals surface area contributed by atoms with Gasteiger partial charge in [-0.2, -0.15) is 0 Å². The summed E-state index contributed by atoms with van der Waals surface area (Å²) in [4.78, 5) is 0. The predicted octanol–water partition coefficient (Wildman–Crippen LogP) is 1.49. The molecule has 1 fully saturated rings. The Balaban J connectivity index is 1.87. The van der Waals surface area contributed by atoms with Gasteiger partial charge in [-0.3, -0.25) is 0 Å². The average Bonchev–Trinajstić information content (AvgIpc) is 2.28. The van der Waals surface area contributed by atoms with Gasteiger partial charge < -0.3 is 5.32 Å². The van der Waals surface area contributed by atoms with Gasteiger partial charge in [-0.05, 0) is 31.8 Å². The topological polar surface area (TPSA) is 58.2 Å². The Labute approximate surface area is 106 Å². The first-order chi connectivity index (χ1) is 8.08. The van der Waals surface area contributed by atoms with E-state index in [1.165, 1.54) is 44.8 Å². The van der Waals surface area contributed by atoms with Crippen LogP contribution < -0.4 is 10.0 Å². The Bertz CT molecular complexity index is 285. The molecule has 2 N–H and O–H groups in total. The maximum atomic E-state index is 10.8. The molecule has 102 valence electrons. The summed E-state index contributed by atoms with van der Waals surface area (Å²) in [7, 11) is -3.01. The minimum atomic E-state index is -3.01. The summed E-state index contributed by atoms with van der Waals surface area (Å²) in [6.07, 6.45) is 10.4. The number of rotatable bonds is 8. The Morgan fingerprint density at radius 3 is 2.41 bits per heavy atom. The van der Waals surface area contributed by atoms with Crippen molar-refractivity contribution in [3.8, 4) is 0 Å². The van der Waals surface area contributed by atoms with Crippen molar-refractivity contribution in [3.05, 3.63) is 0 Å². The SMILES string of the molecule is CS(=O)(=O)NCCCNCCC1CCCCC1. The highest BCUT2D eigenvalue weighted by molar-refractivity contribution is 7.88. The van der Waals surface area contributed by atoms with Crippen molar-refractivity contribution in [1.29, 1.82) is 0 Å². The lowest BCUT2D eigenvalue weighted by Crippen LogP contribution is -2.27. The quantitative estimate of drug-likeness (QED) is 0.652. The summed E-state index contributed by atoms with van der Waals surface area (Å²) < 4.78 is 24.1. The average molecular weight is 262 g/mol. The normalized spacial score (nSPS) is 18.4. The van der Waals surface area contributed by atoms with E-state index in [9.17, 15) is 8.42 Å². The van der Waals surface area contributed by atoms with Crippen molar-refractivity contribution in [2.24, 2.45) is 5.92 Å². The fourth-order valence-corrected chi connectivity index (χ4v) is 2.89. The summed E-state index contributed by atoms with van der Waals surface area (Å²) >= 11 is 0. The van der Waals surface area contributed by atoms with Gasteiger partial charge in [0.2, 0.25) is 10.0 Å². The molecule has 0 aromatic carbocycles. The lowest BCUT2D eigenvalue weighted by Gasteiger charge is -2.21. The molecular weight excluding hydrogens is 236 g/mol. The van der Waals surface area contributed by atoms with Gasteiger partial charge in [0.15, 0.2) is 0 Å². The van der Waals surface area contributed by atoms with Crippen LogP contribution in [0.3, 0.4) is 0 Å². The number of sulfonamides is 1. The maximum absolute atomic E-state index is 10.8. The summed E-state index contributed by atoms with van der Waals surface area (Å²) in [5.41, 5.74) is 0. The molecule has 17 heavy (non-hydrogen) atoms. The van der Waals surface area contributed by atoms with Crippen molar-refractivity contribution < 1.29 is 8.42 Å². The third-order valence-electron chi connectivity index (χ3n) is 3.35. The summed E-state index contributed by atoms with van der Waals surface area (Å²) in [6, 6.07) is 0. The van der Waals surface area contributed by atoms with Gasteiger partial charge >= 0.3 is 0 Å². The first kappa shape index (κ1) is 14.9. The largest absolute Gasteiger partial charge is 0.317 e. The summed E-state index contributed by atoms with van der Waals surface area (Å²) in [5, 5.41) is 3.38. The Kier molecular flexibility index (Phi) is 7.08. The van der Waals surface area contributed by atoms with E-state index in [2.05, 4.69) is 10.0 Å². The smallest absolute Gasteiger partial charge is 0.208 e. The number of nitrogens with one attached hydrogen (secondary N) is 2. The van der Waals surface area contributed by atoms with E-state index in [1.807, 2.05) is 0 Å². The lowest BCUT2D eigenvalue weighted by molar-refractivity contribution is 0.334.